The number of hydrogen-bond acceptors (Lipinski definition) is 5. The fourth-order valence-electron chi connectivity index (χ4n) is 2.50. The molecule has 20 heavy (non-hydrogen) atoms. The Labute approximate surface area is 116 Å². The van der Waals surface area contributed by atoms with E-state index in [1.54, 1.807) is 31.2 Å². The summed E-state index contributed by atoms with van der Waals surface area (Å²) in [5.74, 6) is -0.554. The molecule has 1 heterocycles. The van der Waals surface area contributed by atoms with Crippen LogP contribution in [0.2, 0.25) is 0 Å². The predicted octanol–water partition coefficient (Wildman–Crippen LogP) is 1.72. The maximum atomic E-state index is 11.8. The summed E-state index contributed by atoms with van der Waals surface area (Å²) in [5, 5.41) is 11.1. The normalized spacial score (nSPS) is 21.8. The molecule has 0 spiro atoms. The molecule has 1 aromatic carbocycles. The van der Waals surface area contributed by atoms with Gasteiger partial charge >= 0.3 is 6.23 Å². The molecule has 0 aliphatic carbocycles. The molecule has 0 saturated carbocycles. The van der Waals surface area contributed by atoms with Crippen molar-refractivity contribution in [2.45, 2.75) is 32.5 Å². The highest BCUT2D eigenvalue weighted by Gasteiger charge is 2.45. The van der Waals surface area contributed by atoms with Gasteiger partial charge in [-0.2, -0.15) is 0 Å². The minimum absolute atomic E-state index is 0.209. The lowest BCUT2D eigenvalue weighted by Gasteiger charge is -2.14. The molecule has 1 aliphatic heterocycles. The number of hydrogen-bond donors (Lipinski definition) is 1. The number of ketones is 1. The summed E-state index contributed by atoms with van der Waals surface area (Å²) in [4.78, 5) is 22.4. The quantitative estimate of drug-likeness (QED) is 0.667. The molecule has 0 bridgehead atoms. The summed E-state index contributed by atoms with van der Waals surface area (Å²) in [5.41, 5.74) is 7.51. The molecule has 0 amide bonds. The van der Waals surface area contributed by atoms with Crippen molar-refractivity contribution in [1.29, 1.82) is 0 Å². The molecule has 0 aromatic heterocycles. The molecule has 1 aromatic rings. The monoisotopic (exact) mass is 276 g/mol. The number of allylic oxidation sites excluding steroid dienone is 1. The van der Waals surface area contributed by atoms with Crippen LogP contribution in [-0.4, -0.2) is 16.9 Å². The van der Waals surface area contributed by atoms with Gasteiger partial charge in [-0.15, -0.1) is 0 Å². The first kappa shape index (κ1) is 14.2. The van der Waals surface area contributed by atoms with Crippen molar-refractivity contribution in [2.24, 2.45) is 5.73 Å². The van der Waals surface area contributed by atoms with Crippen molar-refractivity contribution < 1.29 is 14.5 Å². The van der Waals surface area contributed by atoms with Crippen LogP contribution in [0.5, 0.6) is 0 Å². The lowest BCUT2D eigenvalue weighted by atomic mass is 9.88. The Hall–Kier alpha value is -2.21. The lowest BCUT2D eigenvalue weighted by Crippen LogP contribution is -2.27. The zero-order chi connectivity index (χ0) is 14.9. The summed E-state index contributed by atoms with van der Waals surface area (Å²) < 4.78 is 5.26. The van der Waals surface area contributed by atoms with E-state index in [4.69, 9.17) is 10.5 Å². The SMILES string of the molecule is CC(=O)C1=C(C)OC([N+](=O)[O-])C1c1ccc(CN)cc1. The average molecular weight is 276 g/mol. The van der Waals surface area contributed by atoms with Crippen molar-refractivity contribution in [3.63, 3.8) is 0 Å². The molecule has 2 unspecified atom stereocenters. The fraction of sp³-hybridized carbons (Fsp3) is 0.357. The van der Waals surface area contributed by atoms with E-state index in [9.17, 15) is 14.9 Å². The number of ether oxygens (including phenoxy) is 1. The zero-order valence-electron chi connectivity index (χ0n) is 11.3. The number of carbonyl (C=O) groups excluding carboxylic acids is 1. The van der Waals surface area contributed by atoms with Crippen LogP contribution in [-0.2, 0) is 16.1 Å². The summed E-state index contributed by atoms with van der Waals surface area (Å²) in [7, 11) is 0. The van der Waals surface area contributed by atoms with Gasteiger partial charge in [-0.25, -0.2) is 0 Å². The highest BCUT2D eigenvalue weighted by molar-refractivity contribution is 5.95. The van der Waals surface area contributed by atoms with Crippen LogP contribution < -0.4 is 5.73 Å². The molecule has 2 rings (SSSR count). The van der Waals surface area contributed by atoms with Gasteiger partial charge in [-0.3, -0.25) is 14.9 Å². The third-order valence-corrected chi connectivity index (χ3v) is 3.43. The zero-order valence-corrected chi connectivity index (χ0v) is 11.3. The number of Topliss-reactive ketones (excluding diaryl/α,β-unsaturated/α-hetero) is 1. The van der Waals surface area contributed by atoms with Crippen LogP contribution in [0.3, 0.4) is 0 Å². The Bertz CT molecular complexity index is 577. The first-order valence-electron chi connectivity index (χ1n) is 6.26. The van der Waals surface area contributed by atoms with Crippen LogP contribution in [0.25, 0.3) is 0 Å². The summed E-state index contributed by atoms with van der Waals surface area (Å²) >= 11 is 0. The third kappa shape index (κ3) is 2.42. The number of carbonyl (C=O) groups is 1. The molecule has 0 fully saturated rings. The van der Waals surface area contributed by atoms with E-state index in [0.29, 0.717) is 23.4 Å². The number of nitrogens with zero attached hydrogens (tertiary/aromatic N) is 1. The maximum absolute atomic E-state index is 11.8. The van der Waals surface area contributed by atoms with Crippen LogP contribution in [0, 0.1) is 10.1 Å². The van der Waals surface area contributed by atoms with Crippen molar-refractivity contribution in [3.8, 4) is 0 Å². The Balaban J connectivity index is 2.46. The molecular formula is C14H16N2O4. The molecule has 106 valence electrons. The van der Waals surface area contributed by atoms with E-state index in [1.165, 1.54) is 6.92 Å². The van der Waals surface area contributed by atoms with Crippen LogP contribution in [0.4, 0.5) is 0 Å². The van der Waals surface area contributed by atoms with E-state index >= 15 is 0 Å². The molecular weight excluding hydrogens is 260 g/mol. The third-order valence-electron chi connectivity index (χ3n) is 3.43. The van der Waals surface area contributed by atoms with Gasteiger partial charge in [0.15, 0.2) is 5.78 Å². The highest BCUT2D eigenvalue weighted by atomic mass is 16.7. The Morgan fingerprint density at radius 1 is 1.40 bits per heavy atom. The molecule has 1 aliphatic rings. The molecule has 2 atom stereocenters. The largest absolute Gasteiger partial charge is 0.434 e. The first-order valence-corrected chi connectivity index (χ1v) is 6.26. The molecule has 0 saturated heterocycles. The number of rotatable bonds is 4. The second-order valence-electron chi connectivity index (χ2n) is 4.74. The fourth-order valence-corrected chi connectivity index (χ4v) is 2.50. The van der Waals surface area contributed by atoms with Crippen molar-refractivity contribution in [1.82, 2.24) is 0 Å². The second-order valence-corrected chi connectivity index (χ2v) is 4.74. The number of nitrogens with two attached hydrogens (primary N) is 1. The van der Waals surface area contributed by atoms with Crippen molar-refractivity contribution in [2.75, 3.05) is 0 Å². The van der Waals surface area contributed by atoms with Gasteiger partial charge in [0.25, 0.3) is 0 Å². The average Bonchev–Trinajstić information content (AvgIpc) is 2.76. The second kappa shape index (κ2) is 5.42. The Kier molecular flexibility index (Phi) is 3.85. The Morgan fingerprint density at radius 2 is 2.00 bits per heavy atom. The van der Waals surface area contributed by atoms with E-state index in [1.807, 2.05) is 0 Å². The molecule has 2 N–H and O–H groups in total. The minimum atomic E-state index is -1.25. The molecule has 0 radical (unpaired) electrons. The lowest BCUT2D eigenvalue weighted by molar-refractivity contribution is -0.570. The van der Waals surface area contributed by atoms with E-state index in [2.05, 4.69) is 0 Å². The number of nitro groups is 1. The predicted molar refractivity (Wildman–Crippen MR) is 72.3 cm³/mol. The van der Waals surface area contributed by atoms with Gasteiger partial charge in [-0.1, -0.05) is 24.3 Å². The highest BCUT2D eigenvalue weighted by Crippen LogP contribution is 2.39. The minimum Gasteiger partial charge on any atom is -0.434 e. The van der Waals surface area contributed by atoms with Gasteiger partial charge in [0.05, 0.1) is 10.5 Å². The first-order chi connectivity index (χ1) is 9.45. The molecule has 6 nitrogen and oxygen atoms in total. The molecule has 6 heteroatoms. The van der Waals surface area contributed by atoms with Gasteiger partial charge in [-0.05, 0) is 25.0 Å². The standard InChI is InChI=1S/C14H16N2O4/c1-8(17)12-9(2)20-14(16(18)19)13(12)11-5-3-10(7-15)4-6-11/h3-6,13-14H,7,15H2,1-2H3. The number of benzene rings is 1. The van der Waals surface area contributed by atoms with Crippen LogP contribution in [0.15, 0.2) is 35.6 Å². The van der Waals surface area contributed by atoms with Crippen molar-refractivity contribution >= 4 is 5.78 Å². The van der Waals surface area contributed by atoms with Crippen LogP contribution in [0.1, 0.15) is 30.9 Å². The van der Waals surface area contributed by atoms with Gasteiger partial charge in [0.2, 0.25) is 0 Å². The summed E-state index contributed by atoms with van der Waals surface area (Å²) in [6.45, 7) is 3.38. The summed E-state index contributed by atoms with van der Waals surface area (Å²) in [6.07, 6.45) is -1.25. The van der Waals surface area contributed by atoms with Gasteiger partial charge in [0, 0.05) is 6.54 Å². The van der Waals surface area contributed by atoms with Gasteiger partial charge in [0.1, 0.15) is 11.7 Å². The van der Waals surface area contributed by atoms with Crippen LogP contribution >= 0.6 is 0 Å². The van der Waals surface area contributed by atoms with Gasteiger partial charge < -0.3 is 10.5 Å². The van der Waals surface area contributed by atoms with E-state index in [0.717, 1.165) is 5.56 Å². The van der Waals surface area contributed by atoms with E-state index < -0.39 is 17.1 Å². The van der Waals surface area contributed by atoms with E-state index in [-0.39, 0.29) is 5.78 Å². The Morgan fingerprint density at radius 3 is 2.45 bits per heavy atom. The summed E-state index contributed by atoms with van der Waals surface area (Å²) in [6, 6.07) is 7.12. The smallest absolute Gasteiger partial charge is 0.364 e. The maximum Gasteiger partial charge on any atom is 0.364 e. The van der Waals surface area contributed by atoms with Crippen molar-refractivity contribution in [3.05, 3.63) is 56.8 Å². The topological polar surface area (TPSA) is 95.5 Å².